The van der Waals surface area contributed by atoms with E-state index in [1.807, 2.05) is 12.2 Å². The van der Waals surface area contributed by atoms with Crippen LogP contribution in [-0.4, -0.2) is 6.21 Å². The molecule has 0 radical (unpaired) electrons. The van der Waals surface area contributed by atoms with E-state index in [1.165, 1.54) is 12.6 Å². The van der Waals surface area contributed by atoms with Crippen LogP contribution in [0.3, 0.4) is 0 Å². The van der Waals surface area contributed by atoms with Crippen molar-refractivity contribution in [3.8, 4) is 0 Å². The molecule has 0 aliphatic carbocycles. The Bertz CT molecular complexity index is 154. The number of hydrogen-bond donors (Lipinski definition) is 0. The van der Waals surface area contributed by atoms with Gasteiger partial charge >= 0.3 is 0 Å². The highest BCUT2D eigenvalue weighted by atomic mass is 14.6. The second-order valence-corrected chi connectivity index (χ2v) is 2.13. The molecule has 0 atom stereocenters. The summed E-state index contributed by atoms with van der Waals surface area (Å²) < 4.78 is 0. The van der Waals surface area contributed by atoms with Gasteiger partial charge in [-0.1, -0.05) is 18.7 Å². The fraction of sp³-hybridized carbons (Fsp3) is 0.300. The maximum absolute atomic E-state index is 3.82. The van der Waals surface area contributed by atoms with E-state index < -0.39 is 0 Å². The normalized spacial score (nSPS) is 10.9. The fourth-order valence-corrected chi connectivity index (χ4v) is 0.648. The minimum Gasteiger partial charge on any atom is -0.265 e. The van der Waals surface area contributed by atoms with Crippen molar-refractivity contribution in [1.29, 1.82) is 0 Å². The molecule has 0 bridgehead atoms. The molecule has 0 aromatic heterocycles. The van der Waals surface area contributed by atoms with E-state index in [0.29, 0.717) is 0 Å². The number of nitrogens with zero attached hydrogens (tertiary/aromatic N) is 1. The lowest BCUT2D eigenvalue weighted by molar-refractivity contribution is 0.870. The van der Waals surface area contributed by atoms with Gasteiger partial charge in [0.15, 0.2) is 0 Å². The molecule has 0 fully saturated rings. The second kappa shape index (κ2) is 8.89. The van der Waals surface area contributed by atoms with E-state index in [-0.39, 0.29) is 0 Å². The van der Waals surface area contributed by atoms with Crippen molar-refractivity contribution >= 4 is 6.21 Å². The molecule has 0 unspecified atom stereocenters. The predicted molar refractivity (Wildman–Crippen MR) is 51.9 cm³/mol. The molecule has 0 saturated carbocycles. The first-order valence-corrected chi connectivity index (χ1v) is 3.82. The first-order valence-electron chi connectivity index (χ1n) is 3.82. The summed E-state index contributed by atoms with van der Waals surface area (Å²) in [5.41, 5.74) is 0. The van der Waals surface area contributed by atoms with Gasteiger partial charge in [-0.25, -0.2) is 0 Å². The quantitative estimate of drug-likeness (QED) is 0.312. The van der Waals surface area contributed by atoms with E-state index in [9.17, 15) is 0 Å². The smallest absolute Gasteiger partial charge is 0.0264 e. The summed E-state index contributed by atoms with van der Waals surface area (Å²) in [4.78, 5) is 3.82. The van der Waals surface area contributed by atoms with E-state index in [1.54, 1.807) is 6.21 Å². The van der Waals surface area contributed by atoms with Gasteiger partial charge in [-0.05, 0) is 25.3 Å². The van der Waals surface area contributed by atoms with Gasteiger partial charge in [0.05, 0.1) is 0 Å². The molecule has 0 heterocycles. The van der Waals surface area contributed by atoms with Crippen molar-refractivity contribution in [2.75, 3.05) is 0 Å². The lowest BCUT2D eigenvalue weighted by Crippen LogP contribution is -1.68. The van der Waals surface area contributed by atoms with Crippen LogP contribution >= 0.6 is 0 Å². The average molecular weight is 149 g/mol. The maximum atomic E-state index is 3.82. The average Bonchev–Trinajstić information content (AvgIpc) is 2.03. The monoisotopic (exact) mass is 149 g/mol. The number of allylic oxidation sites excluding steroid dienone is 3. The molecule has 60 valence electrons. The summed E-state index contributed by atoms with van der Waals surface area (Å²) in [5.74, 6) is 0. The summed E-state index contributed by atoms with van der Waals surface area (Å²) in [6.07, 6.45) is 12.6. The molecule has 0 aliphatic rings. The zero-order valence-electron chi connectivity index (χ0n) is 6.87. The number of aliphatic imine (C=N–C) groups is 1. The third-order valence-corrected chi connectivity index (χ3v) is 1.19. The van der Waals surface area contributed by atoms with Crippen molar-refractivity contribution in [2.45, 2.75) is 19.3 Å². The number of hydrogen-bond acceptors (Lipinski definition) is 1. The maximum Gasteiger partial charge on any atom is 0.0264 e. The minimum absolute atomic E-state index is 1.09. The molecule has 0 aliphatic heterocycles. The Kier molecular flexibility index (Phi) is 7.99. The Labute approximate surface area is 68.9 Å². The molecule has 1 nitrogen and oxygen atoms in total. The van der Waals surface area contributed by atoms with Crippen LogP contribution in [0, 0.1) is 0 Å². The Balaban J connectivity index is 3.22. The van der Waals surface area contributed by atoms with Gasteiger partial charge in [0.1, 0.15) is 0 Å². The molecule has 0 spiro atoms. The highest BCUT2D eigenvalue weighted by Crippen LogP contribution is 1.95. The lowest BCUT2D eigenvalue weighted by atomic mass is 10.2. The predicted octanol–water partition coefficient (Wildman–Crippen LogP) is 3.11. The van der Waals surface area contributed by atoms with Gasteiger partial charge in [0.25, 0.3) is 0 Å². The van der Waals surface area contributed by atoms with Crippen molar-refractivity contribution in [1.82, 2.24) is 0 Å². The first kappa shape index (κ1) is 9.89. The zero-order chi connectivity index (χ0) is 8.36. The molecule has 11 heavy (non-hydrogen) atoms. The van der Waals surface area contributed by atoms with E-state index in [2.05, 4.69) is 24.2 Å². The number of unbranched alkanes of at least 4 members (excludes halogenated alkanes) is 2. The van der Waals surface area contributed by atoms with Gasteiger partial charge in [-0.3, -0.25) is 4.99 Å². The molecule has 0 rings (SSSR count). The lowest BCUT2D eigenvalue weighted by Gasteiger charge is -1.86. The summed E-state index contributed by atoms with van der Waals surface area (Å²) in [6, 6.07) is 0. The highest BCUT2D eigenvalue weighted by Gasteiger charge is 1.76. The molecule has 0 N–H and O–H groups in total. The molecular weight excluding hydrogens is 134 g/mol. The molecule has 0 aromatic carbocycles. The third kappa shape index (κ3) is 8.89. The van der Waals surface area contributed by atoms with Crippen LogP contribution < -0.4 is 0 Å². The summed E-state index contributed by atoms with van der Waals surface area (Å²) in [5, 5.41) is 0. The van der Waals surface area contributed by atoms with E-state index >= 15 is 0 Å². The molecular formula is C10H15N. The summed E-state index contributed by atoms with van der Waals surface area (Å²) >= 11 is 0. The van der Waals surface area contributed by atoms with Gasteiger partial charge < -0.3 is 0 Å². The molecule has 1 heteroatoms. The Hall–Kier alpha value is -1.11. The molecule has 0 saturated heterocycles. The van der Waals surface area contributed by atoms with Crippen molar-refractivity contribution < 1.29 is 0 Å². The van der Waals surface area contributed by atoms with Gasteiger partial charge in [0, 0.05) is 12.4 Å². The van der Waals surface area contributed by atoms with E-state index in [4.69, 9.17) is 0 Å². The second-order valence-electron chi connectivity index (χ2n) is 2.13. The minimum atomic E-state index is 1.09. The van der Waals surface area contributed by atoms with Crippen molar-refractivity contribution in [3.05, 3.63) is 37.6 Å². The third-order valence-electron chi connectivity index (χ3n) is 1.19. The number of rotatable bonds is 6. The van der Waals surface area contributed by atoms with Crippen LogP contribution in [0.15, 0.2) is 42.6 Å². The van der Waals surface area contributed by atoms with Gasteiger partial charge in [-0.2, -0.15) is 0 Å². The van der Waals surface area contributed by atoms with Crippen LogP contribution in [0.1, 0.15) is 19.3 Å². The van der Waals surface area contributed by atoms with Crippen LogP contribution in [0.5, 0.6) is 0 Å². The Morgan fingerprint density at radius 3 is 2.64 bits per heavy atom. The molecule has 0 amide bonds. The first-order chi connectivity index (χ1) is 5.41. The largest absolute Gasteiger partial charge is 0.265 e. The standard InChI is InChI=1S/C10H15N/c1-3-5-6-7-8-9-10-11-4-2/h3-4,8-10H,1-2,5-7H2/b9-8-,11-10?. The van der Waals surface area contributed by atoms with E-state index in [0.717, 1.165) is 12.8 Å². The van der Waals surface area contributed by atoms with Gasteiger partial charge in [-0.15, -0.1) is 6.58 Å². The van der Waals surface area contributed by atoms with Crippen molar-refractivity contribution in [2.24, 2.45) is 4.99 Å². The Morgan fingerprint density at radius 1 is 1.18 bits per heavy atom. The van der Waals surface area contributed by atoms with Crippen molar-refractivity contribution in [3.63, 3.8) is 0 Å². The SMILES string of the molecule is C=CCCC/C=C\C=NC=C. The molecule has 0 aromatic rings. The van der Waals surface area contributed by atoms with Crippen LogP contribution in [0.4, 0.5) is 0 Å². The summed E-state index contributed by atoms with van der Waals surface area (Å²) in [7, 11) is 0. The zero-order valence-corrected chi connectivity index (χ0v) is 6.87. The summed E-state index contributed by atoms with van der Waals surface area (Å²) in [6.45, 7) is 7.11. The van der Waals surface area contributed by atoms with Crippen LogP contribution in [-0.2, 0) is 0 Å². The van der Waals surface area contributed by atoms with Crippen LogP contribution in [0.2, 0.25) is 0 Å². The Morgan fingerprint density at radius 2 is 2.00 bits per heavy atom. The topological polar surface area (TPSA) is 12.4 Å². The highest BCUT2D eigenvalue weighted by molar-refractivity contribution is 5.71. The van der Waals surface area contributed by atoms with Crippen LogP contribution in [0.25, 0.3) is 0 Å². The fourth-order valence-electron chi connectivity index (χ4n) is 0.648. The van der Waals surface area contributed by atoms with Gasteiger partial charge in [0.2, 0.25) is 0 Å².